The van der Waals surface area contributed by atoms with E-state index in [9.17, 15) is 13.5 Å². The zero-order valence-electron chi connectivity index (χ0n) is 14.1. The van der Waals surface area contributed by atoms with E-state index in [-0.39, 0.29) is 16.6 Å². The third-order valence-electron chi connectivity index (χ3n) is 3.64. The van der Waals surface area contributed by atoms with Gasteiger partial charge in [0, 0.05) is 13.1 Å². The molecule has 0 atom stereocenters. The Kier molecular flexibility index (Phi) is 6.63. The Balaban J connectivity index is 2.21. The van der Waals surface area contributed by atoms with Gasteiger partial charge in [0.1, 0.15) is 0 Å². The molecule has 1 aromatic rings. The van der Waals surface area contributed by atoms with Crippen molar-refractivity contribution in [3.8, 4) is 0 Å². The number of morpholine rings is 1. The van der Waals surface area contributed by atoms with E-state index in [4.69, 9.17) is 28.6 Å². The van der Waals surface area contributed by atoms with E-state index in [0.29, 0.717) is 37.0 Å². The third-order valence-corrected chi connectivity index (χ3v) is 6.07. The first kappa shape index (κ1) is 20.3. The number of nitrogens with one attached hydrogen (secondary N) is 2. The predicted molar refractivity (Wildman–Crippen MR) is 102 cm³/mol. The number of hydrogen-bond donors (Lipinski definition) is 3. The van der Waals surface area contributed by atoms with Gasteiger partial charge in [0.15, 0.2) is 5.11 Å². The molecule has 0 amide bonds. The summed E-state index contributed by atoms with van der Waals surface area (Å²) in [6.45, 7) is 4.83. The maximum Gasteiger partial charge on any atom is 0.243 e. The molecule has 25 heavy (non-hydrogen) atoms. The molecule has 7 nitrogen and oxygen atoms in total. The monoisotopic (exact) mass is 407 g/mol. The molecule has 0 bridgehead atoms. The van der Waals surface area contributed by atoms with E-state index in [1.54, 1.807) is 13.8 Å². The summed E-state index contributed by atoms with van der Waals surface area (Å²) in [6, 6.07) is 4.43. The highest BCUT2D eigenvalue weighted by Gasteiger charge is 2.27. The summed E-state index contributed by atoms with van der Waals surface area (Å²) in [4.78, 5) is 0.130. The minimum absolute atomic E-state index is 0.117. The van der Waals surface area contributed by atoms with Gasteiger partial charge in [-0.05, 0) is 44.3 Å². The van der Waals surface area contributed by atoms with Crippen LogP contribution >= 0.6 is 23.8 Å². The van der Waals surface area contributed by atoms with Crippen LogP contribution in [0.4, 0.5) is 5.69 Å². The fourth-order valence-corrected chi connectivity index (χ4v) is 4.18. The number of sulfonamides is 1. The molecule has 1 saturated heterocycles. The van der Waals surface area contributed by atoms with Crippen LogP contribution in [0.3, 0.4) is 0 Å². The molecule has 3 N–H and O–H groups in total. The van der Waals surface area contributed by atoms with Crippen molar-refractivity contribution in [1.82, 2.24) is 9.62 Å². The van der Waals surface area contributed by atoms with Crippen LogP contribution in [0, 0.1) is 0 Å². The molecule has 0 unspecified atom stereocenters. The lowest BCUT2D eigenvalue weighted by molar-refractivity contribution is 0.0730. The second kappa shape index (κ2) is 8.15. The van der Waals surface area contributed by atoms with Crippen molar-refractivity contribution < 1.29 is 18.3 Å². The predicted octanol–water partition coefficient (Wildman–Crippen LogP) is 1.42. The van der Waals surface area contributed by atoms with Gasteiger partial charge in [-0.2, -0.15) is 4.31 Å². The Morgan fingerprint density at radius 3 is 2.64 bits per heavy atom. The highest BCUT2D eigenvalue weighted by atomic mass is 35.5. The molecule has 10 heteroatoms. The minimum Gasteiger partial charge on any atom is -0.394 e. The topological polar surface area (TPSA) is 90.9 Å². The van der Waals surface area contributed by atoms with Crippen LogP contribution in [-0.4, -0.2) is 61.4 Å². The Bertz CT molecular complexity index is 734. The summed E-state index contributed by atoms with van der Waals surface area (Å²) < 4.78 is 32.0. The van der Waals surface area contributed by atoms with Crippen LogP contribution in [0.2, 0.25) is 5.02 Å². The Morgan fingerprint density at radius 1 is 1.40 bits per heavy atom. The van der Waals surface area contributed by atoms with Crippen molar-refractivity contribution in [1.29, 1.82) is 0 Å². The lowest BCUT2D eigenvalue weighted by atomic mass is 10.1. The van der Waals surface area contributed by atoms with Crippen molar-refractivity contribution >= 4 is 44.6 Å². The zero-order valence-corrected chi connectivity index (χ0v) is 16.5. The molecule has 2 rings (SSSR count). The number of ether oxygens (including phenoxy) is 1. The van der Waals surface area contributed by atoms with Gasteiger partial charge in [0.25, 0.3) is 0 Å². The summed E-state index contributed by atoms with van der Waals surface area (Å²) in [5.41, 5.74) is -0.240. The fraction of sp³-hybridized carbons (Fsp3) is 0.533. The van der Waals surface area contributed by atoms with E-state index < -0.39 is 15.6 Å². The van der Waals surface area contributed by atoms with Gasteiger partial charge in [-0.15, -0.1) is 0 Å². The second-order valence-corrected chi connectivity index (χ2v) is 9.03. The van der Waals surface area contributed by atoms with Crippen molar-refractivity contribution in [3.05, 3.63) is 23.2 Å². The number of thiocarbonyl (C=S) groups is 1. The van der Waals surface area contributed by atoms with Gasteiger partial charge < -0.3 is 20.5 Å². The normalized spacial score (nSPS) is 16.5. The summed E-state index contributed by atoms with van der Waals surface area (Å²) in [6.07, 6.45) is 0. The number of nitrogens with zero attached hydrogens (tertiary/aromatic N) is 1. The van der Waals surface area contributed by atoms with E-state index in [1.807, 2.05) is 0 Å². The minimum atomic E-state index is -3.63. The molecule has 1 aromatic carbocycles. The van der Waals surface area contributed by atoms with Crippen molar-refractivity contribution in [2.45, 2.75) is 24.3 Å². The number of hydrogen-bond acceptors (Lipinski definition) is 5. The number of aliphatic hydroxyl groups is 1. The SMILES string of the molecule is CC(C)(CO)NC(=S)Nc1cc(S(=O)(=O)N2CCOCC2)ccc1Cl. The molecule has 0 aromatic heterocycles. The quantitative estimate of drug-likeness (QED) is 0.636. The van der Waals surface area contributed by atoms with Crippen LogP contribution in [0.25, 0.3) is 0 Å². The Hall–Kier alpha value is -0.970. The first-order valence-electron chi connectivity index (χ1n) is 7.73. The summed E-state index contributed by atoms with van der Waals surface area (Å²) >= 11 is 11.4. The molecule has 1 aliphatic heterocycles. The molecule has 1 aliphatic rings. The number of rotatable bonds is 5. The highest BCUT2D eigenvalue weighted by molar-refractivity contribution is 7.89. The molecule has 1 fully saturated rings. The molecule has 0 radical (unpaired) electrons. The first-order chi connectivity index (χ1) is 11.7. The van der Waals surface area contributed by atoms with Gasteiger partial charge in [-0.25, -0.2) is 8.42 Å². The van der Waals surface area contributed by atoms with Crippen LogP contribution in [0.15, 0.2) is 23.1 Å². The lowest BCUT2D eigenvalue weighted by Crippen LogP contribution is -2.48. The maximum atomic E-state index is 12.7. The zero-order chi connectivity index (χ0) is 18.7. The standard InChI is InChI=1S/C15H22ClN3O4S2/c1-15(2,10-20)18-14(24)17-13-9-11(3-4-12(13)16)25(21,22)19-5-7-23-8-6-19/h3-4,9,20H,5-8,10H2,1-2H3,(H2,17,18,24). The van der Waals surface area contributed by atoms with E-state index >= 15 is 0 Å². The fourth-order valence-electron chi connectivity index (χ4n) is 2.20. The molecule has 0 aliphatic carbocycles. The number of benzene rings is 1. The van der Waals surface area contributed by atoms with Crippen molar-refractivity contribution in [3.63, 3.8) is 0 Å². The molecular formula is C15H22ClN3O4S2. The number of halogens is 1. The van der Waals surface area contributed by atoms with Crippen molar-refractivity contribution in [2.75, 3.05) is 38.2 Å². The van der Waals surface area contributed by atoms with Gasteiger partial charge in [0.2, 0.25) is 10.0 Å². The summed E-state index contributed by atoms with van der Waals surface area (Å²) in [5, 5.41) is 15.7. The molecular weight excluding hydrogens is 386 g/mol. The van der Waals surface area contributed by atoms with Crippen molar-refractivity contribution in [2.24, 2.45) is 0 Å². The van der Waals surface area contributed by atoms with E-state index in [1.165, 1.54) is 22.5 Å². The summed E-state index contributed by atoms with van der Waals surface area (Å²) in [5.74, 6) is 0. The largest absolute Gasteiger partial charge is 0.394 e. The molecule has 0 saturated carbocycles. The highest BCUT2D eigenvalue weighted by Crippen LogP contribution is 2.27. The molecule has 0 spiro atoms. The third kappa shape index (κ3) is 5.25. The molecule has 1 heterocycles. The Labute approximate surface area is 158 Å². The first-order valence-corrected chi connectivity index (χ1v) is 9.96. The van der Waals surface area contributed by atoms with Crippen LogP contribution in [-0.2, 0) is 14.8 Å². The average molecular weight is 408 g/mol. The smallest absolute Gasteiger partial charge is 0.243 e. The molecule has 140 valence electrons. The Morgan fingerprint density at radius 2 is 2.04 bits per heavy atom. The number of aliphatic hydroxyl groups excluding tert-OH is 1. The second-order valence-electron chi connectivity index (χ2n) is 6.28. The van der Waals surface area contributed by atoms with E-state index in [0.717, 1.165) is 0 Å². The summed E-state index contributed by atoms with van der Waals surface area (Å²) in [7, 11) is -3.63. The average Bonchev–Trinajstić information content (AvgIpc) is 2.57. The lowest BCUT2D eigenvalue weighted by Gasteiger charge is -2.27. The van der Waals surface area contributed by atoms with Crippen LogP contribution < -0.4 is 10.6 Å². The van der Waals surface area contributed by atoms with Crippen LogP contribution in [0.5, 0.6) is 0 Å². The van der Waals surface area contributed by atoms with Crippen LogP contribution in [0.1, 0.15) is 13.8 Å². The van der Waals surface area contributed by atoms with Gasteiger partial charge in [-0.1, -0.05) is 11.6 Å². The van der Waals surface area contributed by atoms with Gasteiger partial charge in [0.05, 0.1) is 41.0 Å². The maximum absolute atomic E-state index is 12.7. The van der Waals surface area contributed by atoms with Gasteiger partial charge in [-0.3, -0.25) is 0 Å². The number of anilines is 1. The van der Waals surface area contributed by atoms with E-state index in [2.05, 4.69) is 10.6 Å². The van der Waals surface area contributed by atoms with Gasteiger partial charge >= 0.3 is 0 Å².